The number of benzene rings is 1. The minimum atomic E-state index is 0.145. The molecule has 0 aliphatic carbocycles. The number of rotatable bonds is 7. The second-order valence-corrected chi connectivity index (χ2v) is 9.77. The molecule has 0 N–H and O–H groups in total. The van der Waals surface area contributed by atoms with Crippen LogP contribution in [0.15, 0.2) is 28.7 Å². The van der Waals surface area contributed by atoms with Gasteiger partial charge in [0.05, 0.1) is 23.3 Å². The van der Waals surface area contributed by atoms with Crippen LogP contribution >= 0.6 is 23.1 Å². The van der Waals surface area contributed by atoms with Gasteiger partial charge >= 0.3 is 0 Å². The normalized spacial score (nSPS) is 16.3. The van der Waals surface area contributed by atoms with Crippen molar-refractivity contribution >= 4 is 28.9 Å². The summed E-state index contributed by atoms with van der Waals surface area (Å²) in [5.41, 5.74) is 5.32. The van der Waals surface area contributed by atoms with Gasteiger partial charge in [0, 0.05) is 12.2 Å². The highest BCUT2D eigenvalue weighted by Gasteiger charge is 2.23. The smallest absolute Gasteiger partial charge is 0.192 e. The highest BCUT2D eigenvalue weighted by molar-refractivity contribution is 7.99. The second kappa shape index (κ2) is 9.04. The van der Waals surface area contributed by atoms with E-state index >= 15 is 0 Å². The average molecular weight is 442 g/mol. The van der Waals surface area contributed by atoms with Crippen LogP contribution in [0.1, 0.15) is 45.5 Å². The average Bonchev–Trinajstić information content (AvgIpc) is 3.48. The van der Waals surface area contributed by atoms with Gasteiger partial charge in [-0.15, -0.1) is 21.5 Å². The van der Waals surface area contributed by atoms with Gasteiger partial charge in [0.1, 0.15) is 0 Å². The van der Waals surface area contributed by atoms with Gasteiger partial charge in [0.15, 0.2) is 16.8 Å². The Morgan fingerprint density at radius 2 is 2.00 bits per heavy atom. The predicted octanol–water partition coefficient (Wildman–Crippen LogP) is 5.39. The van der Waals surface area contributed by atoms with Crippen LogP contribution in [0.4, 0.5) is 0 Å². The first-order chi connectivity index (χ1) is 14.5. The van der Waals surface area contributed by atoms with E-state index in [9.17, 15) is 4.79 Å². The summed E-state index contributed by atoms with van der Waals surface area (Å²) >= 11 is 3.12. The molecule has 3 aromatic rings. The number of thiophene rings is 1. The topological polar surface area (TPSA) is 57.0 Å². The molecule has 1 aliphatic rings. The van der Waals surface area contributed by atoms with Crippen LogP contribution in [0.25, 0.3) is 10.7 Å². The van der Waals surface area contributed by atoms with Crippen molar-refractivity contribution in [1.82, 2.24) is 14.8 Å². The van der Waals surface area contributed by atoms with Crippen LogP contribution in [0, 0.1) is 27.7 Å². The Labute approximate surface area is 185 Å². The zero-order valence-electron chi connectivity index (χ0n) is 17.9. The zero-order valence-corrected chi connectivity index (χ0v) is 19.5. The standard InChI is InChI=1S/C23H27N3O2S2/c1-14-11-15(2)17(4)21(16(14)3)19(27)13-30-23-25-24-22(20-8-6-10-29-20)26(23)12-18-7-5-9-28-18/h6,8,10-11,18H,5,7,9,12-13H2,1-4H3. The van der Waals surface area contributed by atoms with Crippen molar-refractivity contribution in [3.8, 4) is 10.7 Å². The number of aryl methyl sites for hydroxylation is 2. The Morgan fingerprint density at radius 1 is 1.23 bits per heavy atom. The van der Waals surface area contributed by atoms with Crippen molar-refractivity contribution in [2.24, 2.45) is 0 Å². The number of hydrogen-bond donors (Lipinski definition) is 0. The Kier molecular flexibility index (Phi) is 6.41. The minimum absolute atomic E-state index is 0.145. The van der Waals surface area contributed by atoms with Crippen molar-refractivity contribution in [3.05, 3.63) is 51.4 Å². The third-order valence-corrected chi connectivity index (χ3v) is 7.68. The van der Waals surface area contributed by atoms with Gasteiger partial charge in [-0.3, -0.25) is 9.36 Å². The molecule has 0 spiro atoms. The van der Waals surface area contributed by atoms with E-state index in [1.807, 2.05) is 25.3 Å². The molecule has 0 amide bonds. The highest BCUT2D eigenvalue weighted by Crippen LogP contribution is 2.30. The number of nitrogens with zero attached hydrogens (tertiary/aromatic N) is 3. The molecule has 0 bridgehead atoms. The van der Waals surface area contributed by atoms with Crippen LogP contribution < -0.4 is 0 Å². The fourth-order valence-corrected chi connectivity index (χ4v) is 5.51. The maximum absolute atomic E-state index is 13.2. The molecule has 0 radical (unpaired) electrons. The molecule has 0 saturated carbocycles. The maximum Gasteiger partial charge on any atom is 0.192 e. The van der Waals surface area contributed by atoms with Gasteiger partial charge in [-0.05, 0) is 74.2 Å². The Morgan fingerprint density at radius 3 is 2.63 bits per heavy atom. The molecular formula is C23H27N3O2S2. The molecule has 3 heterocycles. The third kappa shape index (κ3) is 4.24. The first-order valence-corrected chi connectivity index (χ1v) is 12.1. The number of carbonyl (C=O) groups is 1. The SMILES string of the molecule is Cc1cc(C)c(C)c(C(=O)CSc2nnc(-c3cccs3)n2CC2CCCO2)c1C. The molecule has 30 heavy (non-hydrogen) atoms. The van der Waals surface area contributed by atoms with Gasteiger partial charge in [-0.2, -0.15) is 0 Å². The van der Waals surface area contributed by atoms with E-state index in [4.69, 9.17) is 4.74 Å². The van der Waals surface area contributed by atoms with Gasteiger partial charge < -0.3 is 4.74 Å². The molecule has 1 fully saturated rings. The predicted molar refractivity (Wildman–Crippen MR) is 123 cm³/mol. The maximum atomic E-state index is 13.2. The Balaban J connectivity index is 1.58. The van der Waals surface area contributed by atoms with Crippen molar-refractivity contribution in [2.45, 2.75) is 58.3 Å². The van der Waals surface area contributed by atoms with Crippen LogP contribution in [-0.2, 0) is 11.3 Å². The lowest BCUT2D eigenvalue weighted by Gasteiger charge is -2.15. The molecule has 158 valence electrons. The monoisotopic (exact) mass is 441 g/mol. The van der Waals surface area contributed by atoms with Crippen LogP contribution in [0.5, 0.6) is 0 Å². The van der Waals surface area contributed by atoms with Crippen LogP contribution in [0.2, 0.25) is 0 Å². The van der Waals surface area contributed by atoms with Crippen LogP contribution in [-0.4, -0.2) is 39.0 Å². The number of hydrogen-bond acceptors (Lipinski definition) is 6. The number of aromatic nitrogens is 3. The summed E-state index contributed by atoms with van der Waals surface area (Å²) in [5, 5.41) is 11.7. The van der Waals surface area contributed by atoms with Gasteiger partial charge in [0.25, 0.3) is 0 Å². The number of thioether (sulfide) groups is 1. The minimum Gasteiger partial charge on any atom is -0.376 e. The molecule has 4 rings (SSSR count). The van der Waals surface area contributed by atoms with E-state index in [1.165, 1.54) is 11.8 Å². The van der Waals surface area contributed by atoms with E-state index in [1.54, 1.807) is 11.3 Å². The lowest BCUT2D eigenvalue weighted by molar-refractivity contribution is 0.0953. The lowest BCUT2D eigenvalue weighted by atomic mass is 9.92. The first-order valence-electron chi connectivity index (χ1n) is 10.3. The summed E-state index contributed by atoms with van der Waals surface area (Å²) < 4.78 is 7.98. The van der Waals surface area contributed by atoms with Crippen molar-refractivity contribution in [1.29, 1.82) is 0 Å². The van der Waals surface area contributed by atoms with Gasteiger partial charge in [-0.1, -0.05) is 23.9 Å². The summed E-state index contributed by atoms with van der Waals surface area (Å²) in [6, 6.07) is 6.23. The molecule has 1 unspecified atom stereocenters. The first kappa shape index (κ1) is 21.3. The summed E-state index contributed by atoms with van der Waals surface area (Å²) in [6.07, 6.45) is 2.32. The number of ketones is 1. The molecule has 1 aromatic carbocycles. The fraction of sp³-hybridized carbons (Fsp3) is 0.435. The molecule has 2 aromatic heterocycles. The quantitative estimate of drug-likeness (QED) is 0.363. The fourth-order valence-electron chi connectivity index (χ4n) is 3.98. The summed E-state index contributed by atoms with van der Waals surface area (Å²) in [6.45, 7) is 9.74. The Bertz CT molecular complexity index is 1020. The second-order valence-electron chi connectivity index (χ2n) is 7.88. The molecule has 1 saturated heterocycles. The van der Waals surface area contributed by atoms with Crippen molar-refractivity contribution < 1.29 is 9.53 Å². The molecule has 1 atom stereocenters. The highest BCUT2D eigenvalue weighted by atomic mass is 32.2. The van der Waals surface area contributed by atoms with Crippen LogP contribution in [0.3, 0.4) is 0 Å². The van der Waals surface area contributed by atoms with E-state index in [2.05, 4.69) is 40.7 Å². The largest absolute Gasteiger partial charge is 0.376 e. The number of Topliss-reactive ketones (excluding diaryl/α,β-unsaturated/α-hetero) is 1. The number of ether oxygens (including phenoxy) is 1. The summed E-state index contributed by atoms with van der Waals surface area (Å²) in [4.78, 5) is 14.2. The zero-order chi connectivity index (χ0) is 21.3. The Hall–Kier alpha value is -1.96. The van der Waals surface area contributed by atoms with Gasteiger partial charge in [-0.25, -0.2) is 0 Å². The summed E-state index contributed by atoms with van der Waals surface area (Å²) in [7, 11) is 0. The lowest BCUT2D eigenvalue weighted by Crippen LogP contribution is -2.17. The molecule has 7 heteroatoms. The van der Waals surface area contributed by atoms with Crippen molar-refractivity contribution in [2.75, 3.05) is 12.4 Å². The summed E-state index contributed by atoms with van der Waals surface area (Å²) in [5.74, 6) is 1.35. The van der Waals surface area contributed by atoms with E-state index in [0.717, 1.165) is 69.7 Å². The third-order valence-electron chi connectivity index (χ3n) is 5.85. The van der Waals surface area contributed by atoms with E-state index in [-0.39, 0.29) is 11.9 Å². The van der Waals surface area contributed by atoms with E-state index < -0.39 is 0 Å². The molecule has 5 nitrogen and oxygen atoms in total. The van der Waals surface area contributed by atoms with Crippen molar-refractivity contribution in [3.63, 3.8) is 0 Å². The van der Waals surface area contributed by atoms with E-state index in [0.29, 0.717) is 5.75 Å². The molecular weight excluding hydrogens is 414 g/mol. The number of carbonyl (C=O) groups excluding carboxylic acids is 1. The molecule has 1 aliphatic heterocycles. The van der Waals surface area contributed by atoms with Gasteiger partial charge in [0.2, 0.25) is 0 Å².